The molecule has 10 heteroatoms. The number of benzene rings is 3. The maximum atomic E-state index is 6.95. The molecule has 9 nitrogen and oxygen atoms in total. The number of aromatic amines is 1. The molecule has 0 aliphatic carbocycles. The smallest absolute Gasteiger partial charge is 0.162 e. The zero-order chi connectivity index (χ0) is 25.7. The van der Waals surface area contributed by atoms with E-state index in [0.717, 1.165) is 43.4 Å². The van der Waals surface area contributed by atoms with Crippen molar-refractivity contribution in [3.63, 3.8) is 0 Å². The number of hydrogen-bond donors (Lipinski definition) is 3. The fourth-order valence-corrected chi connectivity index (χ4v) is 5.77. The van der Waals surface area contributed by atoms with E-state index in [9.17, 15) is 0 Å². The lowest BCUT2D eigenvalue weighted by Gasteiger charge is -2.47. The number of hydrogen-bond acceptors (Lipinski definition) is 9. The summed E-state index contributed by atoms with van der Waals surface area (Å²) >= 11 is 1.66. The Morgan fingerprint density at radius 3 is 2.46 bits per heavy atom. The zero-order valence-electron chi connectivity index (χ0n) is 20.7. The van der Waals surface area contributed by atoms with E-state index in [-0.39, 0.29) is 0 Å². The first-order chi connectivity index (χ1) is 18.0. The number of thiazole rings is 1. The van der Waals surface area contributed by atoms with Crippen LogP contribution in [0.2, 0.25) is 0 Å². The zero-order valence-corrected chi connectivity index (χ0v) is 21.5. The molecule has 0 saturated heterocycles. The summed E-state index contributed by atoms with van der Waals surface area (Å²) in [7, 11) is 3.22. The summed E-state index contributed by atoms with van der Waals surface area (Å²) in [5.41, 5.74) is 19.3. The Morgan fingerprint density at radius 2 is 1.73 bits per heavy atom. The van der Waals surface area contributed by atoms with Gasteiger partial charge in [0.25, 0.3) is 0 Å². The van der Waals surface area contributed by atoms with Crippen molar-refractivity contribution in [3.8, 4) is 22.1 Å². The lowest BCUT2D eigenvalue weighted by molar-refractivity contribution is 0.353. The van der Waals surface area contributed by atoms with E-state index in [2.05, 4.69) is 28.4 Å². The Morgan fingerprint density at radius 1 is 0.946 bits per heavy atom. The van der Waals surface area contributed by atoms with Gasteiger partial charge in [0.15, 0.2) is 23.6 Å². The van der Waals surface area contributed by atoms with E-state index in [1.165, 1.54) is 0 Å². The number of anilines is 3. The van der Waals surface area contributed by atoms with Crippen molar-refractivity contribution >= 4 is 38.7 Å². The monoisotopic (exact) mass is 513 g/mol. The van der Waals surface area contributed by atoms with Crippen molar-refractivity contribution in [3.05, 3.63) is 78.0 Å². The summed E-state index contributed by atoms with van der Waals surface area (Å²) in [6.07, 6.45) is -1.19. The molecule has 1 aliphatic rings. The fraction of sp³-hybridized carbons (Fsp3) is 0.185. The third kappa shape index (κ3) is 3.86. The Labute approximate surface area is 218 Å². The van der Waals surface area contributed by atoms with Crippen molar-refractivity contribution in [1.82, 2.24) is 15.2 Å². The number of aromatic nitrogens is 3. The van der Waals surface area contributed by atoms with Crippen LogP contribution in [0.5, 0.6) is 11.5 Å². The van der Waals surface area contributed by atoms with Crippen LogP contribution in [0.4, 0.5) is 17.2 Å². The molecule has 5 aromatic rings. The molecular formula is C27H27N7O2S. The van der Waals surface area contributed by atoms with Crippen LogP contribution in [0.1, 0.15) is 17.4 Å². The third-order valence-corrected chi connectivity index (χ3v) is 7.67. The number of H-pyrrole nitrogens is 1. The molecule has 3 heterocycles. The van der Waals surface area contributed by atoms with Gasteiger partial charge in [-0.25, -0.2) is 4.98 Å². The van der Waals surface area contributed by atoms with Crippen LogP contribution in [-0.2, 0) is 0 Å². The lowest BCUT2D eigenvalue weighted by Crippen LogP contribution is -2.59. The number of fused-ring (bicyclic) bond motifs is 2. The van der Waals surface area contributed by atoms with Gasteiger partial charge in [-0.1, -0.05) is 24.3 Å². The van der Waals surface area contributed by atoms with Gasteiger partial charge in [-0.2, -0.15) is 5.10 Å². The van der Waals surface area contributed by atoms with Crippen LogP contribution < -0.4 is 30.7 Å². The topological polar surface area (TPSA) is 119 Å². The molecule has 1 aliphatic heterocycles. The molecule has 5 N–H and O–H groups in total. The van der Waals surface area contributed by atoms with Crippen molar-refractivity contribution in [2.24, 2.45) is 11.5 Å². The molecule has 0 radical (unpaired) electrons. The largest absolute Gasteiger partial charge is 0.493 e. The van der Waals surface area contributed by atoms with Gasteiger partial charge in [-0.3, -0.25) is 15.7 Å². The second kappa shape index (κ2) is 9.07. The minimum atomic E-state index is -0.645. The van der Waals surface area contributed by atoms with Crippen molar-refractivity contribution in [1.29, 1.82) is 0 Å². The number of para-hydroxylation sites is 1. The fourth-order valence-electron chi connectivity index (χ4n) is 4.81. The van der Waals surface area contributed by atoms with E-state index >= 15 is 0 Å². The standard InChI is InChI=1S/C27H27N7O2S/c1-15-11-24(32-31-15)34-20-14-22(36-3)21(35-2)13-18(20)25(28)33(27(34)29)17-8-6-7-16(12-17)26-30-19-9-4-5-10-23(19)37-26/h4-14,25,27H,28-29H2,1-3H3,(H,31,32). The van der Waals surface area contributed by atoms with Gasteiger partial charge in [0, 0.05) is 34.6 Å². The molecule has 0 saturated carbocycles. The van der Waals surface area contributed by atoms with E-state index < -0.39 is 12.5 Å². The summed E-state index contributed by atoms with van der Waals surface area (Å²) in [6, 6.07) is 22.0. The summed E-state index contributed by atoms with van der Waals surface area (Å²) in [5.74, 6) is 1.86. The molecule has 0 bridgehead atoms. The predicted molar refractivity (Wildman–Crippen MR) is 147 cm³/mol. The van der Waals surface area contributed by atoms with Crippen LogP contribution in [0.15, 0.2) is 66.7 Å². The molecule has 0 amide bonds. The van der Waals surface area contributed by atoms with Crippen LogP contribution >= 0.6 is 11.3 Å². The minimum Gasteiger partial charge on any atom is -0.493 e. The number of methoxy groups -OCH3 is 2. The lowest BCUT2D eigenvalue weighted by atomic mass is 10.0. The highest BCUT2D eigenvalue weighted by molar-refractivity contribution is 7.21. The van der Waals surface area contributed by atoms with Crippen LogP contribution in [0.25, 0.3) is 20.8 Å². The molecule has 6 rings (SSSR count). The summed E-state index contributed by atoms with van der Waals surface area (Å²) in [5, 5.41) is 8.46. The molecule has 2 aromatic heterocycles. The molecule has 188 valence electrons. The van der Waals surface area contributed by atoms with Crippen LogP contribution in [-0.4, -0.2) is 35.7 Å². The molecule has 3 aromatic carbocycles. The highest BCUT2D eigenvalue weighted by Gasteiger charge is 2.38. The van der Waals surface area contributed by atoms with E-state index in [4.69, 9.17) is 25.9 Å². The molecule has 2 unspecified atom stereocenters. The molecule has 0 spiro atoms. The van der Waals surface area contributed by atoms with Gasteiger partial charge in [-0.05, 0) is 37.3 Å². The highest BCUT2D eigenvalue weighted by atomic mass is 32.1. The second-order valence-corrected chi connectivity index (χ2v) is 9.88. The second-order valence-electron chi connectivity index (χ2n) is 8.85. The van der Waals surface area contributed by atoms with Crippen LogP contribution in [0, 0.1) is 6.92 Å². The van der Waals surface area contributed by atoms with Crippen molar-refractivity contribution in [2.75, 3.05) is 24.0 Å². The Balaban J connectivity index is 1.49. The number of nitrogens with two attached hydrogens (primary N) is 2. The number of ether oxygens (including phenoxy) is 2. The number of rotatable bonds is 5. The minimum absolute atomic E-state index is 0.549. The summed E-state index contributed by atoms with van der Waals surface area (Å²) in [6.45, 7) is 1.95. The van der Waals surface area contributed by atoms with E-state index in [1.807, 2.05) is 65.3 Å². The summed E-state index contributed by atoms with van der Waals surface area (Å²) in [4.78, 5) is 8.77. The first kappa shape index (κ1) is 23.3. The third-order valence-electron chi connectivity index (χ3n) is 6.58. The first-order valence-corrected chi connectivity index (χ1v) is 12.6. The summed E-state index contributed by atoms with van der Waals surface area (Å²) < 4.78 is 12.3. The van der Waals surface area contributed by atoms with Gasteiger partial charge >= 0.3 is 0 Å². The normalized spacial score (nSPS) is 17.2. The van der Waals surface area contributed by atoms with Gasteiger partial charge < -0.3 is 20.1 Å². The predicted octanol–water partition coefficient (Wildman–Crippen LogP) is 4.87. The number of nitrogens with zero attached hydrogens (tertiary/aromatic N) is 4. The maximum absolute atomic E-state index is 6.95. The Bertz CT molecular complexity index is 1560. The number of nitrogens with one attached hydrogen (secondary N) is 1. The molecule has 0 fully saturated rings. The van der Waals surface area contributed by atoms with Crippen molar-refractivity contribution in [2.45, 2.75) is 19.4 Å². The van der Waals surface area contributed by atoms with Gasteiger partial charge in [-0.15, -0.1) is 11.3 Å². The quantitative estimate of drug-likeness (QED) is 0.305. The average molecular weight is 514 g/mol. The average Bonchev–Trinajstić information content (AvgIpc) is 3.54. The van der Waals surface area contributed by atoms with Gasteiger partial charge in [0.1, 0.15) is 11.2 Å². The van der Waals surface area contributed by atoms with Crippen molar-refractivity contribution < 1.29 is 9.47 Å². The highest BCUT2D eigenvalue weighted by Crippen LogP contribution is 2.46. The maximum Gasteiger partial charge on any atom is 0.162 e. The SMILES string of the molecule is COc1cc2c(cc1OC)N(c1cc(C)[nH]n1)C(N)N(c1cccc(-c3nc4ccccc4s3)c1)C2N. The van der Waals surface area contributed by atoms with Crippen LogP contribution in [0.3, 0.4) is 0 Å². The molecule has 2 atom stereocenters. The van der Waals surface area contributed by atoms with Gasteiger partial charge in [0.2, 0.25) is 0 Å². The van der Waals surface area contributed by atoms with Gasteiger partial charge in [0.05, 0.1) is 30.1 Å². The number of aryl methyl sites for hydroxylation is 1. The first-order valence-electron chi connectivity index (χ1n) is 11.8. The Hall–Kier alpha value is -4.12. The Kier molecular flexibility index (Phi) is 5.71. The van der Waals surface area contributed by atoms with E-state index in [1.54, 1.807) is 25.6 Å². The van der Waals surface area contributed by atoms with E-state index in [0.29, 0.717) is 17.3 Å². The molecular weight excluding hydrogens is 486 g/mol. The molecule has 37 heavy (non-hydrogen) atoms.